The fourth-order valence-corrected chi connectivity index (χ4v) is 3.16. The Hall–Kier alpha value is -4.19. The minimum Gasteiger partial charge on any atom is -0.494 e. The molecule has 0 saturated carbocycles. The largest absolute Gasteiger partial charge is 0.494 e. The normalized spacial score (nSPS) is 10.9. The Bertz CT molecular complexity index is 1180. The van der Waals surface area contributed by atoms with Crippen molar-refractivity contribution in [2.45, 2.75) is 13.3 Å². The van der Waals surface area contributed by atoms with Crippen LogP contribution in [0.5, 0.6) is 5.75 Å². The van der Waals surface area contributed by atoms with E-state index in [4.69, 9.17) is 9.84 Å². The number of rotatable bonds is 8. The average molecular weight is 425 g/mol. The van der Waals surface area contributed by atoms with Crippen molar-refractivity contribution in [2.75, 3.05) is 6.61 Å². The molecule has 1 amide bonds. The number of amides is 1. The van der Waals surface area contributed by atoms with E-state index in [1.54, 1.807) is 35.2 Å². The van der Waals surface area contributed by atoms with Gasteiger partial charge in [0.1, 0.15) is 11.4 Å². The molecule has 0 unspecified atom stereocenters. The molecular formula is C26H24N4O2. The number of nitrogens with zero attached hydrogens (tertiary/aromatic N) is 3. The maximum absolute atomic E-state index is 12.5. The van der Waals surface area contributed by atoms with E-state index in [2.05, 4.69) is 10.5 Å². The number of carbonyl (C=O) groups is 1. The summed E-state index contributed by atoms with van der Waals surface area (Å²) in [5, 5.41) is 8.91. The minimum absolute atomic E-state index is 0.292. The zero-order chi connectivity index (χ0) is 22.2. The summed E-state index contributed by atoms with van der Waals surface area (Å²) < 4.78 is 7.36. The molecule has 160 valence electrons. The molecule has 6 heteroatoms. The topological polar surface area (TPSA) is 68.5 Å². The standard InChI is InChI=1S/C26H24N4O2/c1-2-17-32-24-15-13-21(14-16-24)26(31)28-27-18-22-19-30(23-11-7-4-8-12-23)29-25(22)20-9-5-3-6-10-20/h3-16,18-19H,2,17H2,1H3,(H,28,31)/b27-18+. The third-order valence-electron chi connectivity index (χ3n) is 4.77. The Morgan fingerprint density at radius 1 is 1.00 bits per heavy atom. The lowest BCUT2D eigenvalue weighted by Crippen LogP contribution is -2.17. The predicted octanol–water partition coefficient (Wildman–Crippen LogP) is 5.09. The van der Waals surface area contributed by atoms with Crippen LogP contribution >= 0.6 is 0 Å². The molecular weight excluding hydrogens is 400 g/mol. The summed E-state index contributed by atoms with van der Waals surface area (Å²) >= 11 is 0. The quantitative estimate of drug-likeness (QED) is 0.316. The van der Waals surface area contributed by atoms with E-state index in [0.717, 1.165) is 34.7 Å². The minimum atomic E-state index is -0.292. The Kier molecular flexibility index (Phi) is 6.72. The first kappa shape index (κ1) is 21.1. The molecule has 0 radical (unpaired) electrons. The summed E-state index contributed by atoms with van der Waals surface area (Å²) in [4.78, 5) is 12.5. The number of para-hydroxylation sites is 1. The van der Waals surface area contributed by atoms with Gasteiger partial charge in [-0.1, -0.05) is 55.5 Å². The summed E-state index contributed by atoms with van der Waals surface area (Å²) in [6, 6.07) is 26.8. The summed E-state index contributed by atoms with van der Waals surface area (Å²) in [7, 11) is 0. The predicted molar refractivity (Wildman–Crippen MR) is 126 cm³/mol. The van der Waals surface area contributed by atoms with Crippen molar-refractivity contribution in [3.05, 3.63) is 102 Å². The molecule has 0 aliphatic heterocycles. The highest BCUT2D eigenvalue weighted by molar-refractivity contribution is 5.95. The third-order valence-corrected chi connectivity index (χ3v) is 4.77. The number of carbonyl (C=O) groups excluding carboxylic acids is 1. The van der Waals surface area contributed by atoms with E-state index in [1.165, 1.54) is 0 Å². The van der Waals surface area contributed by atoms with Gasteiger partial charge in [0.2, 0.25) is 0 Å². The molecule has 1 aromatic heterocycles. The van der Waals surface area contributed by atoms with Gasteiger partial charge in [0, 0.05) is 22.9 Å². The van der Waals surface area contributed by atoms with Crippen LogP contribution in [0.2, 0.25) is 0 Å². The molecule has 4 rings (SSSR count). The molecule has 0 spiro atoms. The van der Waals surface area contributed by atoms with Gasteiger partial charge in [-0.25, -0.2) is 10.1 Å². The van der Waals surface area contributed by atoms with Gasteiger partial charge in [-0.2, -0.15) is 10.2 Å². The van der Waals surface area contributed by atoms with E-state index >= 15 is 0 Å². The monoisotopic (exact) mass is 424 g/mol. The molecule has 4 aromatic rings. The van der Waals surface area contributed by atoms with E-state index in [9.17, 15) is 4.79 Å². The lowest BCUT2D eigenvalue weighted by atomic mass is 10.1. The summed E-state index contributed by atoms with van der Waals surface area (Å²) in [5.41, 5.74) is 6.59. The van der Waals surface area contributed by atoms with Crippen LogP contribution in [0.3, 0.4) is 0 Å². The molecule has 0 saturated heterocycles. The number of hydrogen-bond acceptors (Lipinski definition) is 4. The molecule has 0 atom stereocenters. The number of hydrogen-bond donors (Lipinski definition) is 1. The molecule has 0 fully saturated rings. The molecule has 1 N–H and O–H groups in total. The summed E-state index contributed by atoms with van der Waals surface area (Å²) in [6.07, 6.45) is 4.45. The number of aromatic nitrogens is 2. The first-order chi connectivity index (χ1) is 15.7. The van der Waals surface area contributed by atoms with Crippen LogP contribution in [-0.2, 0) is 0 Å². The fraction of sp³-hybridized carbons (Fsp3) is 0.115. The van der Waals surface area contributed by atoms with Crippen molar-refractivity contribution in [2.24, 2.45) is 5.10 Å². The van der Waals surface area contributed by atoms with Crippen molar-refractivity contribution in [3.8, 4) is 22.7 Å². The van der Waals surface area contributed by atoms with Crippen LogP contribution in [0.1, 0.15) is 29.3 Å². The highest BCUT2D eigenvalue weighted by Gasteiger charge is 2.11. The van der Waals surface area contributed by atoms with Crippen LogP contribution in [-0.4, -0.2) is 28.5 Å². The van der Waals surface area contributed by atoms with Crippen molar-refractivity contribution in [1.82, 2.24) is 15.2 Å². The third kappa shape index (κ3) is 5.10. The van der Waals surface area contributed by atoms with Crippen LogP contribution in [0, 0.1) is 0 Å². The van der Waals surface area contributed by atoms with Crippen molar-refractivity contribution in [3.63, 3.8) is 0 Å². The van der Waals surface area contributed by atoms with Gasteiger partial charge in [0.05, 0.1) is 18.5 Å². The Morgan fingerprint density at radius 2 is 1.69 bits per heavy atom. The molecule has 6 nitrogen and oxygen atoms in total. The van der Waals surface area contributed by atoms with Crippen molar-refractivity contribution >= 4 is 12.1 Å². The van der Waals surface area contributed by atoms with Gasteiger partial charge in [-0.15, -0.1) is 0 Å². The van der Waals surface area contributed by atoms with E-state index in [0.29, 0.717) is 12.2 Å². The second kappa shape index (κ2) is 10.2. The van der Waals surface area contributed by atoms with Gasteiger partial charge in [0.15, 0.2) is 0 Å². The lowest BCUT2D eigenvalue weighted by molar-refractivity contribution is 0.0955. The number of benzene rings is 3. The average Bonchev–Trinajstić information content (AvgIpc) is 3.28. The zero-order valence-corrected chi connectivity index (χ0v) is 17.8. The molecule has 0 bridgehead atoms. The smallest absolute Gasteiger partial charge is 0.271 e. The van der Waals surface area contributed by atoms with Gasteiger partial charge < -0.3 is 4.74 Å². The molecule has 1 heterocycles. The van der Waals surface area contributed by atoms with Crippen molar-refractivity contribution < 1.29 is 9.53 Å². The van der Waals surface area contributed by atoms with Crippen LogP contribution in [0.25, 0.3) is 16.9 Å². The summed E-state index contributed by atoms with van der Waals surface area (Å²) in [6.45, 7) is 2.70. The SMILES string of the molecule is CCCOc1ccc(C(=O)N/N=C/c2cn(-c3ccccc3)nc2-c2ccccc2)cc1. The molecule has 0 aliphatic rings. The van der Waals surface area contributed by atoms with Crippen LogP contribution < -0.4 is 10.2 Å². The fourth-order valence-electron chi connectivity index (χ4n) is 3.16. The number of hydrazone groups is 1. The maximum Gasteiger partial charge on any atom is 0.271 e. The van der Waals surface area contributed by atoms with Crippen LogP contribution in [0.15, 0.2) is 96.2 Å². The van der Waals surface area contributed by atoms with Gasteiger partial charge in [0.25, 0.3) is 5.91 Å². The highest BCUT2D eigenvalue weighted by atomic mass is 16.5. The maximum atomic E-state index is 12.5. The first-order valence-corrected chi connectivity index (χ1v) is 10.5. The highest BCUT2D eigenvalue weighted by Crippen LogP contribution is 2.22. The molecule has 0 aliphatic carbocycles. The first-order valence-electron chi connectivity index (χ1n) is 10.5. The van der Waals surface area contributed by atoms with Gasteiger partial charge in [-0.3, -0.25) is 4.79 Å². The number of nitrogens with one attached hydrogen (secondary N) is 1. The Labute approximate surface area is 187 Å². The van der Waals surface area contributed by atoms with E-state index < -0.39 is 0 Å². The number of ether oxygens (including phenoxy) is 1. The Balaban J connectivity index is 1.52. The summed E-state index contributed by atoms with van der Waals surface area (Å²) in [5.74, 6) is 0.452. The molecule has 32 heavy (non-hydrogen) atoms. The lowest BCUT2D eigenvalue weighted by Gasteiger charge is -2.05. The van der Waals surface area contributed by atoms with Gasteiger partial charge in [-0.05, 0) is 42.8 Å². The van der Waals surface area contributed by atoms with E-state index in [-0.39, 0.29) is 5.91 Å². The van der Waals surface area contributed by atoms with Gasteiger partial charge >= 0.3 is 0 Å². The Morgan fingerprint density at radius 3 is 2.38 bits per heavy atom. The molecule has 3 aromatic carbocycles. The van der Waals surface area contributed by atoms with Crippen LogP contribution in [0.4, 0.5) is 0 Å². The zero-order valence-electron chi connectivity index (χ0n) is 17.8. The van der Waals surface area contributed by atoms with E-state index in [1.807, 2.05) is 73.8 Å². The van der Waals surface area contributed by atoms with Crippen molar-refractivity contribution in [1.29, 1.82) is 0 Å². The second-order valence-electron chi connectivity index (χ2n) is 7.15. The second-order valence-corrected chi connectivity index (χ2v) is 7.15.